The molecule has 21 heavy (non-hydrogen) atoms. The number of nitrogens with zero attached hydrogens (tertiary/aromatic N) is 3. The van der Waals surface area contributed by atoms with Gasteiger partial charge in [0.05, 0.1) is 24.2 Å². The van der Waals surface area contributed by atoms with Gasteiger partial charge in [0.25, 0.3) is 0 Å². The fourth-order valence-electron chi connectivity index (χ4n) is 2.36. The van der Waals surface area contributed by atoms with Crippen LogP contribution in [0.25, 0.3) is 22.4 Å². The summed E-state index contributed by atoms with van der Waals surface area (Å²) in [5.41, 5.74) is 8.60. The maximum atomic E-state index is 5.51. The average Bonchev–Trinajstić information content (AvgIpc) is 2.91. The average molecular weight is 282 g/mol. The molecule has 0 radical (unpaired) electrons. The zero-order valence-corrected chi connectivity index (χ0v) is 11.8. The molecule has 2 heterocycles. The number of fused-ring (bicyclic) bond motifs is 1. The molecular weight excluding hydrogens is 264 g/mol. The van der Waals surface area contributed by atoms with Crippen LogP contribution in [0.5, 0.6) is 0 Å². The molecular formula is C16H18N4O. The van der Waals surface area contributed by atoms with E-state index in [1.807, 2.05) is 30.3 Å². The Morgan fingerprint density at radius 1 is 1.05 bits per heavy atom. The number of ether oxygens (including phenoxy) is 1. The number of para-hydroxylation sites is 2. The zero-order chi connectivity index (χ0) is 14.5. The number of rotatable bonds is 6. The van der Waals surface area contributed by atoms with Crippen LogP contribution >= 0.6 is 0 Å². The molecule has 0 unspecified atom stereocenters. The number of benzene rings is 1. The standard InChI is InChI=1S/C16H18N4O/c17-7-11-21-12-10-20-15-4-2-1-3-14(15)19-16(20)13-5-8-18-9-6-13/h1-6,8-9H,7,10-12,17H2. The quantitative estimate of drug-likeness (QED) is 0.703. The highest BCUT2D eigenvalue weighted by molar-refractivity contribution is 5.80. The summed E-state index contributed by atoms with van der Waals surface area (Å²) >= 11 is 0. The van der Waals surface area contributed by atoms with Crippen molar-refractivity contribution in [2.75, 3.05) is 19.8 Å². The summed E-state index contributed by atoms with van der Waals surface area (Å²) < 4.78 is 7.69. The normalized spacial score (nSPS) is 11.1. The van der Waals surface area contributed by atoms with Crippen molar-refractivity contribution < 1.29 is 4.74 Å². The maximum Gasteiger partial charge on any atom is 0.141 e. The van der Waals surface area contributed by atoms with Gasteiger partial charge in [-0.3, -0.25) is 4.98 Å². The van der Waals surface area contributed by atoms with Crippen LogP contribution in [-0.4, -0.2) is 34.3 Å². The first-order valence-corrected chi connectivity index (χ1v) is 7.03. The Kier molecular flexibility index (Phi) is 4.23. The van der Waals surface area contributed by atoms with E-state index in [1.165, 1.54) is 0 Å². The Bertz CT molecular complexity index is 709. The number of aromatic nitrogens is 3. The first-order chi connectivity index (χ1) is 10.4. The Hall–Kier alpha value is -2.24. The summed E-state index contributed by atoms with van der Waals surface area (Å²) in [6.07, 6.45) is 3.56. The Morgan fingerprint density at radius 2 is 1.86 bits per heavy atom. The van der Waals surface area contributed by atoms with Crippen molar-refractivity contribution in [2.45, 2.75) is 6.54 Å². The molecule has 5 nitrogen and oxygen atoms in total. The molecule has 0 saturated heterocycles. The van der Waals surface area contributed by atoms with E-state index in [2.05, 4.69) is 15.6 Å². The lowest BCUT2D eigenvalue weighted by atomic mass is 10.2. The van der Waals surface area contributed by atoms with Crippen LogP contribution in [-0.2, 0) is 11.3 Å². The molecule has 108 valence electrons. The molecule has 0 fully saturated rings. The molecule has 3 aromatic rings. The Balaban J connectivity index is 1.98. The van der Waals surface area contributed by atoms with E-state index in [9.17, 15) is 0 Å². The topological polar surface area (TPSA) is 66.0 Å². The van der Waals surface area contributed by atoms with E-state index in [0.29, 0.717) is 19.8 Å². The highest BCUT2D eigenvalue weighted by Gasteiger charge is 2.11. The van der Waals surface area contributed by atoms with Gasteiger partial charge in [0.1, 0.15) is 5.82 Å². The summed E-state index contributed by atoms with van der Waals surface area (Å²) in [7, 11) is 0. The summed E-state index contributed by atoms with van der Waals surface area (Å²) in [5.74, 6) is 0.940. The highest BCUT2D eigenvalue weighted by Crippen LogP contribution is 2.24. The zero-order valence-electron chi connectivity index (χ0n) is 11.8. The fourth-order valence-corrected chi connectivity index (χ4v) is 2.36. The molecule has 1 aromatic carbocycles. The molecule has 2 aromatic heterocycles. The van der Waals surface area contributed by atoms with Gasteiger partial charge in [-0.2, -0.15) is 0 Å². The van der Waals surface area contributed by atoms with E-state index < -0.39 is 0 Å². The summed E-state index contributed by atoms with van der Waals surface area (Å²) in [6.45, 7) is 2.49. The van der Waals surface area contributed by atoms with Gasteiger partial charge >= 0.3 is 0 Å². The monoisotopic (exact) mass is 282 g/mol. The van der Waals surface area contributed by atoms with Crippen LogP contribution in [0.4, 0.5) is 0 Å². The lowest BCUT2D eigenvalue weighted by Crippen LogP contribution is -2.13. The van der Waals surface area contributed by atoms with E-state index in [1.54, 1.807) is 12.4 Å². The van der Waals surface area contributed by atoms with Crippen molar-refractivity contribution in [3.05, 3.63) is 48.8 Å². The molecule has 0 aliphatic heterocycles. The lowest BCUT2D eigenvalue weighted by Gasteiger charge is -2.09. The van der Waals surface area contributed by atoms with E-state index in [0.717, 1.165) is 29.0 Å². The maximum absolute atomic E-state index is 5.51. The van der Waals surface area contributed by atoms with Crippen LogP contribution in [0.1, 0.15) is 0 Å². The molecule has 0 atom stereocenters. The van der Waals surface area contributed by atoms with Crippen molar-refractivity contribution in [3.63, 3.8) is 0 Å². The van der Waals surface area contributed by atoms with Crippen LogP contribution in [0.3, 0.4) is 0 Å². The van der Waals surface area contributed by atoms with Crippen molar-refractivity contribution in [1.82, 2.24) is 14.5 Å². The van der Waals surface area contributed by atoms with Crippen LogP contribution in [0, 0.1) is 0 Å². The third kappa shape index (κ3) is 2.94. The van der Waals surface area contributed by atoms with Gasteiger partial charge in [0.15, 0.2) is 0 Å². The fraction of sp³-hybridized carbons (Fsp3) is 0.250. The molecule has 0 saturated carbocycles. The molecule has 0 aliphatic rings. The number of nitrogens with two attached hydrogens (primary N) is 1. The second kappa shape index (κ2) is 6.47. The minimum Gasteiger partial charge on any atom is -0.378 e. The van der Waals surface area contributed by atoms with Crippen molar-refractivity contribution in [1.29, 1.82) is 0 Å². The van der Waals surface area contributed by atoms with Crippen molar-refractivity contribution in [3.8, 4) is 11.4 Å². The van der Waals surface area contributed by atoms with Gasteiger partial charge in [-0.1, -0.05) is 12.1 Å². The lowest BCUT2D eigenvalue weighted by molar-refractivity contribution is 0.134. The number of hydrogen-bond acceptors (Lipinski definition) is 4. The van der Waals surface area contributed by atoms with Gasteiger partial charge in [-0.25, -0.2) is 4.98 Å². The third-order valence-corrected chi connectivity index (χ3v) is 3.31. The van der Waals surface area contributed by atoms with Crippen LogP contribution in [0.15, 0.2) is 48.8 Å². The molecule has 0 bridgehead atoms. The second-order valence-electron chi connectivity index (χ2n) is 4.71. The van der Waals surface area contributed by atoms with Crippen molar-refractivity contribution in [2.24, 2.45) is 5.73 Å². The van der Waals surface area contributed by atoms with Gasteiger partial charge < -0.3 is 15.0 Å². The number of pyridine rings is 1. The predicted molar refractivity (Wildman–Crippen MR) is 82.8 cm³/mol. The molecule has 3 rings (SSSR count). The largest absolute Gasteiger partial charge is 0.378 e. The van der Waals surface area contributed by atoms with Gasteiger partial charge in [-0.05, 0) is 24.3 Å². The third-order valence-electron chi connectivity index (χ3n) is 3.31. The van der Waals surface area contributed by atoms with Crippen LogP contribution < -0.4 is 5.73 Å². The van der Waals surface area contributed by atoms with Crippen molar-refractivity contribution >= 4 is 11.0 Å². The summed E-state index contributed by atoms with van der Waals surface area (Å²) in [6, 6.07) is 12.1. The highest BCUT2D eigenvalue weighted by atomic mass is 16.5. The first kappa shape index (κ1) is 13.7. The minimum absolute atomic E-state index is 0.544. The SMILES string of the molecule is NCCOCCn1c(-c2ccncc2)nc2ccccc21. The van der Waals surface area contributed by atoms with Gasteiger partial charge in [-0.15, -0.1) is 0 Å². The second-order valence-corrected chi connectivity index (χ2v) is 4.71. The van der Waals surface area contributed by atoms with Crippen LogP contribution in [0.2, 0.25) is 0 Å². The number of hydrogen-bond donors (Lipinski definition) is 1. The Labute approximate surface area is 123 Å². The molecule has 2 N–H and O–H groups in total. The van der Waals surface area contributed by atoms with Gasteiger partial charge in [0, 0.05) is 31.0 Å². The first-order valence-electron chi connectivity index (χ1n) is 7.03. The van der Waals surface area contributed by atoms with E-state index in [4.69, 9.17) is 15.5 Å². The molecule has 0 amide bonds. The molecule has 5 heteroatoms. The Morgan fingerprint density at radius 3 is 2.67 bits per heavy atom. The molecule has 0 spiro atoms. The van der Waals surface area contributed by atoms with E-state index in [-0.39, 0.29) is 0 Å². The van der Waals surface area contributed by atoms with Gasteiger partial charge in [0.2, 0.25) is 0 Å². The summed E-state index contributed by atoms with van der Waals surface area (Å²) in [5, 5.41) is 0. The smallest absolute Gasteiger partial charge is 0.141 e. The molecule has 0 aliphatic carbocycles. The minimum atomic E-state index is 0.544. The number of imidazole rings is 1. The summed E-state index contributed by atoms with van der Waals surface area (Å²) in [4.78, 5) is 8.80. The predicted octanol–water partition coefficient (Wildman–Crippen LogP) is 2.07. The van der Waals surface area contributed by atoms with E-state index >= 15 is 0 Å².